The van der Waals surface area contributed by atoms with E-state index >= 15 is 0 Å². The van der Waals surface area contributed by atoms with E-state index in [0.717, 1.165) is 45.6 Å². The smallest absolute Gasteiger partial charge is 0.227 e. The molecule has 4 rings (SSSR count). The molecule has 4 nitrogen and oxygen atoms in total. The van der Waals surface area contributed by atoms with Crippen molar-refractivity contribution in [3.63, 3.8) is 0 Å². The number of nitrogens with zero attached hydrogens (tertiary/aromatic N) is 1. The summed E-state index contributed by atoms with van der Waals surface area (Å²) in [4.78, 5) is 16.7. The molecule has 0 spiro atoms. The van der Waals surface area contributed by atoms with Gasteiger partial charge in [-0.15, -0.1) is 11.3 Å². The number of amides is 1. The van der Waals surface area contributed by atoms with Gasteiger partial charge < -0.3 is 10.1 Å². The van der Waals surface area contributed by atoms with Gasteiger partial charge in [0.2, 0.25) is 5.91 Å². The number of thiophene rings is 1. The van der Waals surface area contributed by atoms with Gasteiger partial charge in [0.05, 0.1) is 25.2 Å². The molecule has 0 saturated carbocycles. The molecule has 2 aliphatic rings. The van der Waals surface area contributed by atoms with Crippen molar-refractivity contribution in [2.45, 2.75) is 31.2 Å². The predicted octanol–water partition coefficient (Wildman–Crippen LogP) is 3.36. The number of hydrogen-bond donors (Lipinski definition) is 1. The van der Waals surface area contributed by atoms with Gasteiger partial charge in [-0.25, -0.2) is 0 Å². The number of hydrogen-bond acceptors (Lipinski definition) is 4. The minimum Gasteiger partial charge on any atom is -0.379 e. The second-order valence-electron chi connectivity index (χ2n) is 7.07. The van der Waals surface area contributed by atoms with E-state index < -0.39 is 0 Å². The van der Waals surface area contributed by atoms with Crippen LogP contribution in [0.2, 0.25) is 0 Å². The zero-order chi connectivity index (χ0) is 17.8. The first-order chi connectivity index (χ1) is 12.8. The molecule has 2 aromatic rings. The molecule has 1 N–H and O–H groups in total. The van der Waals surface area contributed by atoms with E-state index in [2.05, 4.69) is 45.9 Å². The fraction of sp³-hybridized carbons (Fsp3) is 0.476. The van der Waals surface area contributed by atoms with E-state index in [4.69, 9.17) is 4.74 Å². The van der Waals surface area contributed by atoms with Gasteiger partial charge in [-0.05, 0) is 41.8 Å². The van der Waals surface area contributed by atoms with Gasteiger partial charge in [-0.2, -0.15) is 0 Å². The van der Waals surface area contributed by atoms with Crippen LogP contribution in [0.25, 0.3) is 0 Å². The first-order valence-corrected chi connectivity index (χ1v) is 10.4. The molecule has 2 heterocycles. The highest BCUT2D eigenvalue weighted by molar-refractivity contribution is 7.10. The Kier molecular flexibility index (Phi) is 5.68. The molecule has 2 atom stereocenters. The molecule has 0 unspecified atom stereocenters. The first-order valence-electron chi connectivity index (χ1n) is 9.53. The second kappa shape index (κ2) is 8.33. The SMILES string of the molecule is O=C(NC[C@H](c1cccs1)N1CCOCC1)[C@H]1CCCc2ccccc21. The molecule has 1 aliphatic heterocycles. The van der Waals surface area contributed by atoms with E-state index in [1.807, 2.05) is 6.07 Å². The summed E-state index contributed by atoms with van der Waals surface area (Å²) in [5.41, 5.74) is 2.55. The van der Waals surface area contributed by atoms with E-state index in [1.54, 1.807) is 11.3 Å². The van der Waals surface area contributed by atoms with Gasteiger partial charge in [0, 0.05) is 24.5 Å². The summed E-state index contributed by atoms with van der Waals surface area (Å²) in [6, 6.07) is 12.9. The van der Waals surface area contributed by atoms with Crippen LogP contribution in [0.3, 0.4) is 0 Å². The van der Waals surface area contributed by atoms with Gasteiger partial charge in [0.15, 0.2) is 0 Å². The maximum absolute atomic E-state index is 13.0. The Morgan fingerprint density at radius 2 is 2.08 bits per heavy atom. The number of benzene rings is 1. The van der Waals surface area contributed by atoms with Gasteiger partial charge in [0.1, 0.15) is 0 Å². The van der Waals surface area contributed by atoms with Crippen LogP contribution in [0.5, 0.6) is 0 Å². The molecule has 1 saturated heterocycles. The molecular formula is C21H26N2O2S. The molecular weight excluding hydrogens is 344 g/mol. The molecule has 5 heteroatoms. The summed E-state index contributed by atoms with van der Waals surface area (Å²) in [7, 11) is 0. The number of carbonyl (C=O) groups excluding carboxylic acids is 1. The second-order valence-corrected chi connectivity index (χ2v) is 8.05. The van der Waals surface area contributed by atoms with Gasteiger partial charge >= 0.3 is 0 Å². The lowest BCUT2D eigenvalue weighted by atomic mass is 9.82. The highest BCUT2D eigenvalue weighted by Crippen LogP contribution is 2.32. The van der Waals surface area contributed by atoms with Crippen molar-refractivity contribution in [1.82, 2.24) is 10.2 Å². The molecule has 0 radical (unpaired) electrons. The van der Waals surface area contributed by atoms with Crippen molar-refractivity contribution in [1.29, 1.82) is 0 Å². The highest BCUT2D eigenvalue weighted by Gasteiger charge is 2.28. The Labute approximate surface area is 159 Å². The summed E-state index contributed by atoms with van der Waals surface area (Å²) >= 11 is 1.77. The first kappa shape index (κ1) is 17.7. The summed E-state index contributed by atoms with van der Waals surface area (Å²) in [5.74, 6) is 0.167. The average Bonchev–Trinajstić information content (AvgIpc) is 3.23. The van der Waals surface area contributed by atoms with Gasteiger partial charge in [-0.1, -0.05) is 30.3 Å². The van der Waals surface area contributed by atoms with E-state index in [9.17, 15) is 4.79 Å². The molecule has 1 aliphatic carbocycles. The topological polar surface area (TPSA) is 41.6 Å². The third-order valence-electron chi connectivity index (χ3n) is 5.51. The van der Waals surface area contributed by atoms with Crippen LogP contribution in [-0.2, 0) is 16.0 Å². The minimum atomic E-state index is -0.00590. The third-order valence-corrected chi connectivity index (χ3v) is 6.49. The zero-order valence-electron chi connectivity index (χ0n) is 15.0. The molecule has 1 aromatic carbocycles. The quantitative estimate of drug-likeness (QED) is 0.877. The Bertz CT molecular complexity index is 725. The number of carbonyl (C=O) groups is 1. The molecule has 1 amide bonds. The maximum Gasteiger partial charge on any atom is 0.227 e. The highest BCUT2D eigenvalue weighted by atomic mass is 32.1. The Hall–Kier alpha value is -1.69. The number of aryl methyl sites for hydroxylation is 1. The van der Waals surface area contributed by atoms with Crippen LogP contribution >= 0.6 is 11.3 Å². The predicted molar refractivity (Wildman–Crippen MR) is 105 cm³/mol. The summed E-state index contributed by atoms with van der Waals surface area (Å²) in [6.07, 6.45) is 3.13. The van der Waals surface area contributed by atoms with Crippen LogP contribution in [0, 0.1) is 0 Å². The maximum atomic E-state index is 13.0. The Morgan fingerprint density at radius 1 is 1.23 bits per heavy atom. The van der Waals surface area contributed by atoms with Crippen LogP contribution in [0.1, 0.15) is 40.8 Å². The molecule has 0 bridgehead atoms. The van der Waals surface area contributed by atoms with Gasteiger partial charge in [0.25, 0.3) is 0 Å². The van der Waals surface area contributed by atoms with Crippen LogP contribution < -0.4 is 5.32 Å². The van der Waals surface area contributed by atoms with Crippen molar-refractivity contribution in [2.75, 3.05) is 32.8 Å². The third kappa shape index (κ3) is 3.85. The Morgan fingerprint density at radius 3 is 2.88 bits per heavy atom. The summed E-state index contributed by atoms with van der Waals surface area (Å²) in [5, 5.41) is 5.38. The molecule has 1 aromatic heterocycles. The fourth-order valence-corrected chi connectivity index (χ4v) is 4.99. The van der Waals surface area contributed by atoms with E-state index in [-0.39, 0.29) is 17.9 Å². The van der Waals surface area contributed by atoms with Crippen molar-refractivity contribution in [2.24, 2.45) is 0 Å². The average molecular weight is 371 g/mol. The number of ether oxygens (including phenoxy) is 1. The van der Waals surface area contributed by atoms with Crippen LogP contribution in [-0.4, -0.2) is 43.7 Å². The van der Waals surface area contributed by atoms with Crippen molar-refractivity contribution in [3.8, 4) is 0 Å². The number of nitrogens with one attached hydrogen (secondary N) is 1. The van der Waals surface area contributed by atoms with Crippen LogP contribution in [0.15, 0.2) is 41.8 Å². The number of morpholine rings is 1. The Balaban J connectivity index is 1.45. The largest absolute Gasteiger partial charge is 0.379 e. The normalized spacial score (nSPS) is 21.8. The summed E-state index contributed by atoms with van der Waals surface area (Å²) in [6.45, 7) is 4.05. The number of rotatable bonds is 5. The molecule has 1 fully saturated rings. The van der Waals surface area contributed by atoms with Crippen molar-refractivity contribution >= 4 is 17.2 Å². The minimum absolute atomic E-state index is 0.00590. The summed E-state index contributed by atoms with van der Waals surface area (Å²) < 4.78 is 5.50. The van der Waals surface area contributed by atoms with E-state index in [1.165, 1.54) is 16.0 Å². The lowest BCUT2D eigenvalue weighted by Crippen LogP contribution is -2.44. The lowest BCUT2D eigenvalue weighted by Gasteiger charge is -2.34. The lowest BCUT2D eigenvalue weighted by molar-refractivity contribution is -0.123. The number of fused-ring (bicyclic) bond motifs is 1. The zero-order valence-corrected chi connectivity index (χ0v) is 15.8. The standard InChI is InChI=1S/C21H26N2O2S/c24-21(18-8-3-6-16-5-1-2-7-17(16)18)22-15-19(20-9-4-14-26-20)23-10-12-25-13-11-23/h1-2,4-5,7,9,14,18-19H,3,6,8,10-13,15H2,(H,22,24)/t18-,19+/m0/s1. The van der Waals surface area contributed by atoms with Crippen molar-refractivity contribution in [3.05, 3.63) is 57.8 Å². The van der Waals surface area contributed by atoms with Crippen molar-refractivity contribution < 1.29 is 9.53 Å². The van der Waals surface area contributed by atoms with Gasteiger partial charge in [-0.3, -0.25) is 9.69 Å². The van der Waals surface area contributed by atoms with E-state index in [0.29, 0.717) is 6.54 Å². The molecule has 26 heavy (non-hydrogen) atoms. The fourth-order valence-electron chi connectivity index (χ4n) is 4.13. The molecule has 138 valence electrons. The monoisotopic (exact) mass is 370 g/mol. The van der Waals surface area contributed by atoms with Crippen LogP contribution in [0.4, 0.5) is 0 Å².